The third-order valence-electron chi connectivity index (χ3n) is 2.91. The van der Waals surface area contributed by atoms with Crippen molar-refractivity contribution >= 4 is 34.6 Å². The molecule has 0 heterocycles. The zero-order chi connectivity index (χ0) is 18.4. The SMILES string of the molecule is O=C(COc1ccc(Cl)cc1)NNc1ccc([N+](=O)[O-])cc1[N+](=O)[O-]. The lowest BCUT2D eigenvalue weighted by molar-refractivity contribution is -0.393. The molecule has 0 fully saturated rings. The predicted molar refractivity (Wildman–Crippen MR) is 88.5 cm³/mol. The highest BCUT2D eigenvalue weighted by Crippen LogP contribution is 2.28. The lowest BCUT2D eigenvalue weighted by atomic mass is 10.2. The number of benzene rings is 2. The Kier molecular flexibility index (Phi) is 5.69. The van der Waals surface area contributed by atoms with Gasteiger partial charge in [-0.3, -0.25) is 35.9 Å². The molecule has 0 atom stereocenters. The topological polar surface area (TPSA) is 137 Å². The van der Waals surface area contributed by atoms with Crippen LogP contribution in [0.1, 0.15) is 0 Å². The number of non-ortho nitro benzene ring substituents is 1. The number of nitrogens with one attached hydrogen (secondary N) is 2. The van der Waals surface area contributed by atoms with E-state index in [4.69, 9.17) is 16.3 Å². The summed E-state index contributed by atoms with van der Waals surface area (Å²) in [5.74, 6) is -0.191. The summed E-state index contributed by atoms with van der Waals surface area (Å²) in [6.07, 6.45) is 0. The van der Waals surface area contributed by atoms with Gasteiger partial charge in [-0.2, -0.15) is 0 Å². The largest absolute Gasteiger partial charge is 0.484 e. The summed E-state index contributed by atoms with van der Waals surface area (Å²) >= 11 is 5.72. The summed E-state index contributed by atoms with van der Waals surface area (Å²) in [5, 5.41) is 22.2. The first kappa shape index (κ1) is 17.9. The minimum atomic E-state index is -0.800. The van der Waals surface area contributed by atoms with E-state index in [1.807, 2.05) is 0 Å². The maximum atomic E-state index is 11.7. The monoisotopic (exact) mass is 366 g/mol. The number of hydrazine groups is 1. The number of hydrogen-bond donors (Lipinski definition) is 2. The maximum Gasteiger partial charge on any atom is 0.300 e. The standard InChI is InChI=1S/C14H11ClN4O6/c15-9-1-4-11(5-2-9)25-8-14(20)17-16-12-6-3-10(18(21)22)7-13(12)19(23)24/h1-7,16H,8H2,(H,17,20). The molecule has 2 rings (SSSR count). The molecule has 0 saturated carbocycles. The molecule has 0 unspecified atom stereocenters. The van der Waals surface area contributed by atoms with Crippen LogP contribution in [0.5, 0.6) is 5.75 Å². The highest BCUT2D eigenvalue weighted by Gasteiger charge is 2.19. The molecule has 25 heavy (non-hydrogen) atoms. The molecule has 0 spiro atoms. The number of halogens is 1. The average molecular weight is 367 g/mol. The van der Waals surface area contributed by atoms with Crippen LogP contribution in [0.15, 0.2) is 42.5 Å². The van der Waals surface area contributed by atoms with Gasteiger partial charge in [-0.1, -0.05) is 11.6 Å². The van der Waals surface area contributed by atoms with Crippen LogP contribution in [-0.2, 0) is 4.79 Å². The molecule has 0 aliphatic carbocycles. The number of rotatable bonds is 7. The van der Waals surface area contributed by atoms with E-state index in [2.05, 4.69) is 10.9 Å². The smallest absolute Gasteiger partial charge is 0.300 e. The van der Waals surface area contributed by atoms with Gasteiger partial charge in [0, 0.05) is 11.1 Å². The molecule has 2 aromatic carbocycles. The van der Waals surface area contributed by atoms with E-state index in [9.17, 15) is 25.0 Å². The Hall–Kier alpha value is -3.40. The molecule has 0 aliphatic rings. The Morgan fingerprint density at radius 3 is 2.36 bits per heavy atom. The lowest BCUT2D eigenvalue weighted by Crippen LogP contribution is -2.33. The molecule has 0 bridgehead atoms. The Labute approximate surface area is 145 Å². The third kappa shape index (κ3) is 5.04. The molecular formula is C14H11ClN4O6. The average Bonchev–Trinajstić information content (AvgIpc) is 2.59. The highest BCUT2D eigenvalue weighted by molar-refractivity contribution is 6.30. The van der Waals surface area contributed by atoms with Crippen molar-refractivity contribution in [3.63, 3.8) is 0 Å². The van der Waals surface area contributed by atoms with Gasteiger partial charge in [0.15, 0.2) is 6.61 Å². The van der Waals surface area contributed by atoms with Gasteiger partial charge >= 0.3 is 5.69 Å². The third-order valence-corrected chi connectivity index (χ3v) is 3.16. The van der Waals surface area contributed by atoms with E-state index in [1.54, 1.807) is 24.3 Å². The van der Waals surface area contributed by atoms with Gasteiger partial charge in [-0.25, -0.2) is 0 Å². The van der Waals surface area contributed by atoms with Crippen molar-refractivity contribution in [2.75, 3.05) is 12.0 Å². The number of anilines is 1. The fraction of sp³-hybridized carbons (Fsp3) is 0.0714. The maximum absolute atomic E-state index is 11.7. The summed E-state index contributed by atoms with van der Waals surface area (Å²) in [5.41, 5.74) is 3.47. The molecular weight excluding hydrogens is 356 g/mol. The van der Waals surface area contributed by atoms with Gasteiger partial charge in [-0.05, 0) is 30.3 Å². The van der Waals surface area contributed by atoms with Gasteiger partial charge in [0.25, 0.3) is 11.6 Å². The van der Waals surface area contributed by atoms with E-state index in [-0.39, 0.29) is 12.3 Å². The molecule has 0 aliphatic heterocycles. The van der Waals surface area contributed by atoms with Crippen molar-refractivity contribution in [3.05, 3.63) is 67.7 Å². The summed E-state index contributed by atoms with van der Waals surface area (Å²) in [6.45, 7) is -0.352. The van der Waals surface area contributed by atoms with Gasteiger partial charge in [0.2, 0.25) is 0 Å². The van der Waals surface area contributed by atoms with Crippen LogP contribution in [0.2, 0.25) is 5.02 Å². The normalized spacial score (nSPS) is 9.96. The van der Waals surface area contributed by atoms with Crippen molar-refractivity contribution in [2.45, 2.75) is 0 Å². The Morgan fingerprint density at radius 1 is 1.08 bits per heavy atom. The molecule has 0 saturated heterocycles. The number of hydrogen-bond acceptors (Lipinski definition) is 7. The van der Waals surface area contributed by atoms with Crippen molar-refractivity contribution in [2.24, 2.45) is 0 Å². The van der Waals surface area contributed by atoms with E-state index in [1.165, 1.54) is 0 Å². The van der Waals surface area contributed by atoms with Crippen molar-refractivity contribution in [1.29, 1.82) is 0 Å². The lowest BCUT2D eigenvalue weighted by Gasteiger charge is -2.10. The van der Waals surface area contributed by atoms with Crippen LogP contribution in [0, 0.1) is 20.2 Å². The minimum Gasteiger partial charge on any atom is -0.484 e. The molecule has 10 nitrogen and oxygen atoms in total. The quantitative estimate of drug-likeness (QED) is 0.567. The molecule has 0 aromatic heterocycles. The van der Waals surface area contributed by atoms with E-state index in [0.717, 1.165) is 18.2 Å². The van der Waals surface area contributed by atoms with E-state index < -0.39 is 27.1 Å². The van der Waals surface area contributed by atoms with Crippen LogP contribution in [0.3, 0.4) is 0 Å². The second kappa shape index (κ2) is 7.93. The molecule has 2 aromatic rings. The van der Waals surface area contributed by atoms with Crippen molar-refractivity contribution in [3.8, 4) is 5.75 Å². The van der Waals surface area contributed by atoms with Crippen LogP contribution < -0.4 is 15.6 Å². The van der Waals surface area contributed by atoms with Crippen LogP contribution in [0.4, 0.5) is 17.1 Å². The number of nitro groups is 2. The summed E-state index contributed by atoms with van der Waals surface area (Å²) in [6, 6.07) is 9.32. The molecule has 0 radical (unpaired) electrons. The number of nitrogens with zero attached hydrogens (tertiary/aromatic N) is 2. The fourth-order valence-electron chi connectivity index (χ4n) is 1.74. The second-order valence-corrected chi connectivity index (χ2v) is 5.07. The van der Waals surface area contributed by atoms with Crippen LogP contribution in [0.25, 0.3) is 0 Å². The van der Waals surface area contributed by atoms with Gasteiger partial charge in [-0.15, -0.1) is 0 Å². The fourth-order valence-corrected chi connectivity index (χ4v) is 1.87. The predicted octanol–water partition coefficient (Wildman–Crippen LogP) is 2.68. The molecule has 130 valence electrons. The minimum absolute atomic E-state index is 0.101. The summed E-state index contributed by atoms with van der Waals surface area (Å²) < 4.78 is 5.21. The first-order chi connectivity index (χ1) is 11.9. The molecule has 2 N–H and O–H groups in total. The van der Waals surface area contributed by atoms with E-state index in [0.29, 0.717) is 10.8 Å². The van der Waals surface area contributed by atoms with Crippen LogP contribution >= 0.6 is 11.6 Å². The molecule has 1 amide bonds. The van der Waals surface area contributed by atoms with Gasteiger partial charge in [0.05, 0.1) is 15.9 Å². The number of carbonyl (C=O) groups is 1. The summed E-state index contributed by atoms with van der Waals surface area (Å²) in [4.78, 5) is 31.8. The number of nitro benzene ring substituents is 2. The van der Waals surface area contributed by atoms with Crippen LogP contribution in [-0.4, -0.2) is 22.4 Å². The molecule has 11 heteroatoms. The van der Waals surface area contributed by atoms with E-state index >= 15 is 0 Å². The summed E-state index contributed by atoms with van der Waals surface area (Å²) in [7, 11) is 0. The first-order valence-electron chi connectivity index (χ1n) is 6.73. The Balaban J connectivity index is 1.95. The Morgan fingerprint density at radius 2 is 1.76 bits per heavy atom. The number of ether oxygens (including phenoxy) is 1. The highest BCUT2D eigenvalue weighted by atomic mass is 35.5. The second-order valence-electron chi connectivity index (χ2n) is 4.63. The Bertz CT molecular complexity index is 811. The van der Waals surface area contributed by atoms with Gasteiger partial charge in [0.1, 0.15) is 11.4 Å². The number of carbonyl (C=O) groups excluding carboxylic acids is 1. The van der Waals surface area contributed by atoms with Gasteiger partial charge < -0.3 is 4.74 Å². The van der Waals surface area contributed by atoms with Crippen molar-refractivity contribution in [1.82, 2.24) is 5.43 Å². The zero-order valence-electron chi connectivity index (χ0n) is 12.5. The van der Waals surface area contributed by atoms with Crippen molar-refractivity contribution < 1.29 is 19.4 Å². The first-order valence-corrected chi connectivity index (χ1v) is 7.10. The zero-order valence-corrected chi connectivity index (χ0v) is 13.2. The number of amides is 1.